The Morgan fingerprint density at radius 1 is 1.32 bits per heavy atom. The van der Waals surface area contributed by atoms with Gasteiger partial charge in [0.2, 0.25) is 0 Å². The van der Waals surface area contributed by atoms with E-state index >= 15 is 0 Å². The number of nitrogens with two attached hydrogens (primary N) is 1. The first-order valence-corrected chi connectivity index (χ1v) is 7.15. The maximum absolute atomic E-state index is 6.24. The highest BCUT2D eigenvalue weighted by molar-refractivity contribution is 5.33. The fraction of sp³-hybridized carbons (Fsp3) is 0.625. The number of nitrogens with zero attached hydrogens (tertiary/aromatic N) is 1. The van der Waals surface area contributed by atoms with Crippen LogP contribution < -0.4 is 10.5 Å². The zero-order valence-corrected chi connectivity index (χ0v) is 12.4. The van der Waals surface area contributed by atoms with Crippen molar-refractivity contribution in [2.45, 2.75) is 39.8 Å². The van der Waals surface area contributed by atoms with Crippen LogP contribution in [0.4, 0.5) is 0 Å². The first kappa shape index (κ1) is 14.4. The quantitative estimate of drug-likeness (QED) is 0.910. The lowest BCUT2D eigenvalue weighted by Gasteiger charge is -2.29. The van der Waals surface area contributed by atoms with E-state index in [1.54, 1.807) is 0 Å². The van der Waals surface area contributed by atoms with E-state index in [1.165, 1.54) is 5.56 Å². The molecule has 1 aliphatic heterocycles. The van der Waals surface area contributed by atoms with Gasteiger partial charge in [-0.2, -0.15) is 0 Å². The van der Waals surface area contributed by atoms with Crippen LogP contribution in [0.2, 0.25) is 0 Å². The molecule has 1 aromatic rings. The third kappa shape index (κ3) is 3.95. The SMILES string of the molecule is CC(C)(C)C(N)CCN1CCOc2ccccc2C1. The highest BCUT2D eigenvalue weighted by atomic mass is 16.5. The van der Waals surface area contributed by atoms with Gasteiger partial charge in [0, 0.05) is 31.2 Å². The van der Waals surface area contributed by atoms with Gasteiger partial charge in [-0.1, -0.05) is 39.0 Å². The van der Waals surface area contributed by atoms with Crippen molar-refractivity contribution in [1.82, 2.24) is 4.90 Å². The topological polar surface area (TPSA) is 38.5 Å². The minimum Gasteiger partial charge on any atom is -0.492 e. The van der Waals surface area contributed by atoms with Crippen molar-refractivity contribution in [3.05, 3.63) is 29.8 Å². The molecular formula is C16H26N2O. The average Bonchev–Trinajstić information content (AvgIpc) is 2.56. The number of ether oxygens (including phenoxy) is 1. The lowest BCUT2D eigenvalue weighted by atomic mass is 9.85. The van der Waals surface area contributed by atoms with Gasteiger partial charge in [0.05, 0.1) is 0 Å². The molecule has 1 atom stereocenters. The molecule has 0 aliphatic carbocycles. The fourth-order valence-corrected chi connectivity index (χ4v) is 2.33. The molecule has 2 rings (SSSR count). The molecule has 3 nitrogen and oxygen atoms in total. The summed E-state index contributed by atoms with van der Waals surface area (Å²) in [6.45, 7) is 10.4. The first-order chi connectivity index (χ1) is 8.97. The molecule has 0 bridgehead atoms. The first-order valence-electron chi connectivity index (χ1n) is 7.15. The molecule has 0 spiro atoms. The lowest BCUT2D eigenvalue weighted by Crippen LogP contribution is -2.39. The average molecular weight is 262 g/mol. The Labute approximate surface area is 116 Å². The molecule has 1 unspecified atom stereocenters. The van der Waals surface area contributed by atoms with Gasteiger partial charge in [-0.15, -0.1) is 0 Å². The van der Waals surface area contributed by atoms with E-state index in [9.17, 15) is 0 Å². The number of benzene rings is 1. The van der Waals surface area contributed by atoms with E-state index in [0.29, 0.717) is 0 Å². The highest BCUT2D eigenvalue weighted by Gasteiger charge is 2.22. The van der Waals surface area contributed by atoms with E-state index in [0.717, 1.165) is 38.4 Å². The Balaban J connectivity index is 1.92. The number of hydrogen-bond acceptors (Lipinski definition) is 3. The van der Waals surface area contributed by atoms with Crippen LogP contribution in [-0.4, -0.2) is 30.6 Å². The van der Waals surface area contributed by atoms with E-state index in [-0.39, 0.29) is 11.5 Å². The Hall–Kier alpha value is -1.06. The van der Waals surface area contributed by atoms with Gasteiger partial charge < -0.3 is 10.5 Å². The van der Waals surface area contributed by atoms with E-state index < -0.39 is 0 Å². The van der Waals surface area contributed by atoms with Crippen molar-refractivity contribution in [2.24, 2.45) is 11.1 Å². The number of para-hydroxylation sites is 1. The summed E-state index contributed by atoms with van der Waals surface area (Å²) in [5.74, 6) is 1.03. The van der Waals surface area contributed by atoms with Crippen LogP contribution >= 0.6 is 0 Å². The third-order valence-electron chi connectivity index (χ3n) is 3.90. The van der Waals surface area contributed by atoms with Crippen molar-refractivity contribution in [1.29, 1.82) is 0 Å². The summed E-state index contributed by atoms with van der Waals surface area (Å²) in [5, 5.41) is 0. The highest BCUT2D eigenvalue weighted by Crippen LogP contribution is 2.24. The Bertz CT molecular complexity index is 411. The monoisotopic (exact) mass is 262 g/mol. The molecule has 2 N–H and O–H groups in total. The van der Waals surface area contributed by atoms with Gasteiger partial charge in [0.25, 0.3) is 0 Å². The molecule has 19 heavy (non-hydrogen) atoms. The molecule has 3 heteroatoms. The second kappa shape index (κ2) is 5.93. The van der Waals surface area contributed by atoms with Crippen LogP contribution in [-0.2, 0) is 6.54 Å². The normalized spacial score (nSPS) is 18.3. The number of rotatable bonds is 3. The molecule has 1 heterocycles. The molecule has 1 aromatic carbocycles. The Kier molecular flexibility index (Phi) is 4.48. The van der Waals surface area contributed by atoms with Crippen molar-refractivity contribution < 1.29 is 4.74 Å². The van der Waals surface area contributed by atoms with Crippen molar-refractivity contribution in [3.8, 4) is 5.75 Å². The summed E-state index contributed by atoms with van der Waals surface area (Å²) in [6, 6.07) is 8.56. The zero-order chi connectivity index (χ0) is 13.9. The summed E-state index contributed by atoms with van der Waals surface area (Å²) in [4.78, 5) is 2.44. The van der Waals surface area contributed by atoms with Crippen LogP contribution in [0.3, 0.4) is 0 Å². The third-order valence-corrected chi connectivity index (χ3v) is 3.90. The summed E-state index contributed by atoms with van der Waals surface area (Å²) in [6.07, 6.45) is 1.03. The largest absolute Gasteiger partial charge is 0.492 e. The van der Waals surface area contributed by atoms with E-state index in [1.807, 2.05) is 6.07 Å². The molecule has 0 amide bonds. The molecule has 0 saturated heterocycles. The molecule has 0 aromatic heterocycles. The second-order valence-electron chi connectivity index (χ2n) is 6.49. The predicted octanol–water partition coefficient (Wildman–Crippen LogP) is 2.64. The number of fused-ring (bicyclic) bond motifs is 1. The van der Waals surface area contributed by atoms with Gasteiger partial charge in [-0.3, -0.25) is 4.90 Å². The van der Waals surface area contributed by atoms with Gasteiger partial charge in [-0.05, 0) is 17.9 Å². The van der Waals surface area contributed by atoms with Crippen LogP contribution in [0.1, 0.15) is 32.8 Å². The summed E-state index contributed by atoms with van der Waals surface area (Å²) >= 11 is 0. The smallest absolute Gasteiger partial charge is 0.123 e. The summed E-state index contributed by atoms with van der Waals surface area (Å²) < 4.78 is 5.78. The van der Waals surface area contributed by atoms with E-state index in [4.69, 9.17) is 10.5 Å². The molecular weight excluding hydrogens is 236 g/mol. The summed E-state index contributed by atoms with van der Waals surface area (Å²) in [5.41, 5.74) is 7.71. The van der Waals surface area contributed by atoms with Gasteiger partial charge in [0.15, 0.2) is 0 Å². The predicted molar refractivity (Wildman–Crippen MR) is 79.3 cm³/mol. The minimum atomic E-state index is 0.181. The van der Waals surface area contributed by atoms with Gasteiger partial charge >= 0.3 is 0 Å². The van der Waals surface area contributed by atoms with Crippen LogP contribution in [0.15, 0.2) is 24.3 Å². The second-order valence-corrected chi connectivity index (χ2v) is 6.49. The fourth-order valence-electron chi connectivity index (χ4n) is 2.33. The van der Waals surface area contributed by atoms with Crippen molar-refractivity contribution >= 4 is 0 Å². The zero-order valence-electron chi connectivity index (χ0n) is 12.4. The van der Waals surface area contributed by atoms with Crippen LogP contribution in [0.25, 0.3) is 0 Å². The molecule has 0 radical (unpaired) electrons. The van der Waals surface area contributed by atoms with Gasteiger partial charge in [-0.25, -0.2) is 0 Å². The maximum Gasteiger partial charge on any atom is 0.123 e. The van der Waals surface area contributed by atoms with E-state index in [2.05, 4.69) is 43.9 Å². The van der Waals surface area contributed by atoms with Crippen molar-refractivity contribution in [3.63, 3.8) is 0 Å². The molecule has 1 aliphatic rings. The molecule has 106 valence electrons. The Morgan fingerprint density at radius 2 is 2.05 bits per heavy atom. The van der Waals surface area contributed by atoms with Crippen molar-refractivity contribution in [2.75, 3.05) is 19.7 Å². The summed E-state index contributed by atoms with van der Waals surface area (Å²) in [7, 11) is 0. The van der Waals surface area contributed by atoms with Crippen LogP contribution in [0, 0.1) is 5.41 Å². The van der Waals surface area contributed by atoms with Gasteiger partial charge in [0.1, 0.15) is 12.4 Å². The minimum absolute atomic E-state index is 0.181. The molecule has 0 saturated carbocycles. The maximum atomic E-state index is 6.24. The standard InChI is InChI=1S/C16H26N2O/c1-16(2,3)15(17)8-9-18-10-11-19-14-7-5-4-6-13(14)12-18/h4-7,15H,8-12,17H2,1-3H3. The number of hydrogen-bond donors (Lipinski definition) is 1. The van der Waals surface area contributed by atoms with Crippen LogP contribution in [0.5, 0.6) is 5.75 Å². The Morgan fingerprint density at radius 3 is 2.79 bits per heavy atom. The lowest BCUT2D eigenvalue weighted by molar-refractivity contribution is 0.202. The molecule has 0 fully saturated rings.